The van der Waals surface area contributed by atoms with E-state index in [9.17, 15) is 18.0 Å². The molecule has 7 nitrogen and oxygen atoms in total. The number of nitrogens with zero attached hydrogens (tertiary/aromatic N) is 1. The Labute approximate surface area is 178 Å². The zero-order valence-corrected chi connectivity index (χ0v) is 18.1. The average molecular weight is 434 g/mol. The van der Waals surface area contributed by atoms with Crippen LogP contribution in [0.25, 0.3) is 0 Å². The molecule has 0 bridgehead atoms. The third-order valence-corrected chi connectivity index (χ3v) is 8.28. The third-order valence-electron chi connectivity index (χ3n) is 6.86. The topological polar surface area (TPSA) is 95.6 Å². The van der Waals surface area contributed by atoms with E-state index in [1.807, 2.05) is 0 Å². The highest BCUT2D eigenvalue weighted by Crippen LogP contribution is 2.40. The van der Waals surface area contributed by atoms with E-state index in [4.69, 9.17) is 0 Å². The van der Waals surface area contributed by atoms with Gasteiger partial charge in [0, 0.05) is 24.7 Å². The lowest BCUT2D eigenvalue weighted by Crippen LogP contribution is -2.45. The van der Waals surface area contributed by atoms with Gasteiger partial charge in [0.1, 0.15) is 0 Å². The van der Waals surface area contributed by atoms with E-state index in [0.717, 1.165) is 31.6 Å². The van der Waals surface area contributed by atoms with Crippen LogP contribution in [-0.4, -0.2) is 39.4 Å². The van der Waals surface area contributed by atoms with Crippen LogP contribution in [0.2, 0.25) is 0 Å². The molecule has 2 N–H and O–H groups in total. The summed E-state index contributed by atoms with van der Waals surface area (Å²) >= 11 is 0. The van der Waals surface area contributed by atoms with Crippen LogP contribution >= 0.6 is 0 Å². The van der Waals surface area contributed by atoms with E-state index in [-0.39, 0.29) is 29.3 Å². The fraction of sp³-hybridized carbons (Fsp3) is 0.636. The summed E-state index contributed by atoms with van der Waals surface area (Å²) in [6, 6.07) is 6.39. The van der Waals surface area contributed by atoms with Crippen LogP contribution in [0.4, 0.5) is 5.69 Å². The molecule has 0 spiro atoms. The number of amides is 2. The van der Waals surface area contributed by atoms with Gasteiger partial charge < -0.3 is 10.2 Å². The molecule has 0 radical (unpaired) electrons. The number of hydrogen-bond acceptors (Lipinski definition) is 4. The number of benzene rings is 1. The van der Waals surface area contributed by atoms with Gasteiger partial charge in [-0.3, -0.25) is 9.59 Å². The minimum absolute atomic E-state index is 0.0580. The van der Waals surface area contributed by atoms with Crippen molar-refractivity contribution < 1.29 is 18.0 Å². The van der Waals surface area contributed by atoms with E-state index in [1.165, 1.54) is 37.8 Å². The summed E-state index contributed by atoms with van der Waals surface area (Å²) in [5.74, 6) is 1.29. The molecule has 1 saturated heterocycles. The van der Waals surface area contributed by atoms with Crippen molar-refractivity contribution in [2.45, 2.75) is 68.7 Å². The van der Waals surface area contributed by atoms with Gasteiger partial charge in [-0.1, -0.05) is 25.7 Å². The maximum absolute atomic E-state index is 12.5. The lowest BCUT2D eigenvalue weighted by Gasteiger charge is -2.39. The summed E-state index contributed by atoms with van der Waals surface area (Å²) in [4.78, 5) is 25.9. The quantitative estimate of drug-likeness (QED) is 0.721. The van der Waals surface area contributed by atoms with Crippen molar-refractivity contribution in [1.82, 2.24) is 10.0 Å². The van der Waals surface area contributed by atoms with Crippen LogP contribution in [0.15, 0.2) is 29.2 Å². The molecule has 2 saturated carbocycles. The van der Waals surface area contributed by atoms with Gasteiger partial charge in [0.2, 0.25) is 21.8 Å². The van der Waals surface area contributed by atoms with Gasteiger partial charge in [0.05, 0.1) is 11.4 Å². The molecule has 2 amide bonds. The second-order valence-corrected chi connectivity index (χ2v) is 10.6. The van der Waals surface area contributed by atoms with Crippen molar-refractivity contribution in [3.8, 4) is 0 Å². The first-order valence-electron chi connectivity index (χ1n) is 11.1. The molecule has 3 aliphatic rings. The zero-order chi connectivity index (χ0) is 21.1. The number of nitrogens with one attached hydrogen (secondary N) is 2. The molecule has 30 heavy (non-hydrogen) atoms. The molecule has 2 aliphatic carbocycles. The molecule has 1 aromatic carbocycles. The van der Waals surface area contributed by atoms with Gasteiger partial charge in [-0.25, -0.2) is 13.1 Å². The van der Waals surface area contributed by atoms with Crippen LogP contribution < -0.4 is 14.9 Å². The van der Waals surface area contributed by atoms with Crippen molar-refractivity contribution >= 4 is 27.5 Å². The predicted octanol–water partition coefficient (Wildman–Crippen LogP) is 2.57. The fourth-order valence-electron chi connectivity index (χ4n) is 5.25. The molecular weight excluding hydrogens is 402 g/mol. The minimum atomic E-state index is -3.78. The molecule has 4 rings (SSSR count). The van der Waals surface area contributed by atoms with Gasteiger partial charge in [0.25, 0.3) is 0 Å². The van der Waals surface area contributed by atoms with Crippen LogP contribution in [0, 0.1) is 11.8 Å². The summed E-state index contributed by atoms with van der Waals surface area (Å²) in [6.07, 6.45) is 9.68. The first kappa shape index (κ1) is 21.3. The number of anilines is 1. The van der Waals surface area contributed by atoms with E-state index in [2.05, 4.69) is 10.0 Å². The number of fused-ring (bicyclic) bond motifs is 1. The molecule has 164 valence electrons. The van der Waals surface area contributed by atoms with Gasteiger partial charge >= 0.3 is 0 Å². The molecule has 1 aliphatic heterocycles. The minimum Gasteiger partial charge on any atom is -0.352 e. The Morgan fingerprint density at radius 1 is 1.00 bits per heavy atom. The second-order valence-electron chi connectivity index (χ2n) is 8.85. The molecule has 3 atom stereocenters. The van der Waals surface area contributed by atoms with Crippen molar-refractivity contribution in [2.75, 3.05) is 18.0 Å². The lowest BCUT2D eigenvalue weighted by atomic mass is 9.69. The van der Waals surface area contributed by atoms with Crippen LogP contribution in [0.5, 0.6) is 0 Å². The van der Waals surface area contributed by atoms with Crippen LogP contribution in [0.1, 0.15) is 57.8 Å². The van der Waals surface area contributed by atoms with E-state index in [1.54, 1.807) is 17.0 Å². The number of carbonyl (C=O) groups excluding carboxylic acids is 2. The monoisotopic (exact) mass is 433 g/mol. The number of hydrogen-bond donors (Lipinski definition) is 2. The largest absolute Gasteiger partial charge is 0.352 e. The molecule has 1 aromatic rings. The summed E-state index contributed by atoms with van der Waals surface area (Å²) in [5, 5.41) is 3.02. The highest BCUT2D eigenvalue weighted by atomic mass is 32.2. The Kier molecular flexibility index (Phi) is 6.43. The summed E-state index contributed by atoms with van der Waals surface area (Å²) < 4.78 is 27.5. The fourth-order valence-corrected chi connectivity index (χ4v) is 6.24. The van der Waals surface area contributed by atoms with E-state index >= 15 is 0 Å². The van der Waals surface area contributed by atoms with Crippen molar-refractivity contribution in [1.29, 1.82) is 0 Å². The first-order valence-corrected chi connectivity index (χ1v) is 12.6. The highest BCUT2D eigenvalue weighted by Gasteiger charge is 2.32. The maximum Gasteiger partial charge on any atom is 0.241 e. The van der Waals surface area contributed by atoms with E-state index in [0.29, 0.717) is 24.6 Å². The smallest absolute Gasteiger partial charge is 0.241 e. The van der Waals surface area contributed by atoms with Gasteiger partial charge in [-0.15, -0.1) is 0 Å². The van der Waals surface area contributed by atoms with Crippen LogP contribution in [-0.2, 0) is 19.6 Å². The second kappa shape index (κ2) is 9.06. The molecule has 1 heterocycles. The van der Waals surface area contributed by atoms with Crippen molar-refractivity contribution in [2.24, 2.45) is 11.8 Å². The zero-order valence-electron chi connectivity index (χ0n) is 17.3. The SMILES string of the molecule is O=C(CNS(=O)(=O)c1ccc(N2CCCC2=O)cc1)NC1CCC2CCCCC2C1. The van der Waals surface area contributed by atoms with Crippen LogP contribution in [0.3, 0.4) is 0 Å². The Morgan fingerprint density at radius 3 is 2.43 bits per heavy atom. The summed E-state index contributed by atoms with van der Waals surface area (Å²) in [6.45, 7) is 0.394. The molecular formula is C22H31N3O4S. The Bertz CT molecular complexity index is 884. The molecule has 8 heteroatoms. The Morgan fingerprint density at radius 2 is 1.73 bits per heavy atom. The predicted molar refractivity (Wildman–Crippen MR) is 114 cm³/mol. The number of carbonyl (C=O) groups is 2. The lowest BCUT2D eigenvalue weighted by molar-refractivity contribution is -0.121. The van der Waals surface area contributed by atoms with Gasteiger partial charge in [0.15, 0.2) is 0 Å². The average Bonchev–Trinajstić information content (AvgIpc) is 3.18. The van der Waals surface area contributed by atoms with Crippen molar-refractivity contribution in [3.05, 3.63) is 24.3 Å². The third kappa shape index (κ3) is 4.86. The van der Waals surface area contributed by atoms with Gasteiger partial charge in [-0.2, -0.15) is 0 Å². The maximum atomic E-state index is 12.5. The first-order chi connectivity index (χ1) is 14.4. The Hall–Kier alpha value is -1.93. The number of sulfonamides is 1. The summed E-state index contributed by atoms with van der Waals surface area (Å²) in [5.41, 5.74) is 0.701. The molecule has 3 unspecified atom stereocenters. The number of rotatable bonds is 6. The standard InChI is InChI=1S/C22H31N3O4S/c26-21(24-18-8-7-16-4-1-2-5-17(16)14-18)15-23-30(28,29)20-11-9-19(10-12-20)25-13-3-6-22(25)27/h9-12,16-18,23H,1-8,13-15H2,(H,24,26). The summed E-state index contributed by atoms with van der Waals surface area (Å²) in [7, 11) is -3.78. The van der Waals surface area contributed by atoms with Gasteiger partial charge in [-0.05, 0) is 61.8 Å². The van der Waals surface area contributed by atoms with E-state index < -0.39 is 10.0 Å². The molecule has 0 aromatic heterocycles. The normalized spacial score (nSPS) is 27.0. The van der Waals surface area contributed by atoms with Crippen molar-refractivity contribution in [3.63, 3.8) is 0 Å². The molecule has 3 fully saturated rings. The highest BCUT2D eigenvalue weighted by molar-refractivity contribution is 7.89. The Balaban J connectivity index is 1.28.